The third-order valence-electron chi connectivity index (χ3n) is 1.96. The van der Waals surface area contributed by atoms with Crippen molar-refractivity contribution in [1.82, 2.24) is 0 Å². The van der Waals surface area contributed by atoms with Gasteiger partial charge in [0.15, 0.2) is 0 Å². The fourth-order valence-electron chi connectivity index (χ4n) is 1.37. The smallest absolute Gasteiger partial charge is 0.0962 e. The lowest BCUT2D eigenvalue weighted by atomic mass is 9.91. The Balaban J connectivity index is 2.30. The van der Waals surface area contributed by atoms with Gasteiger partial charge in [-0.15, -0.1) is 0 Å². The summed E-state index contributed by atoms with van der Waals surface area (Å²) in [4.78, 5) is 0. The minimum Gasteiger partial charge on any atom is -0.396 e. The predicted octanol–water partition coefficient (Wildman–Crippen LogP) is 2.02. The van der Waals surface area contributed by atoms with Crippen LogP contribution in [-0.2, 0) is 0 Å². The highest BCUT2D eigenvalue weighted by Gasteiger charge is 2.13. The van der Waals surface area contributed by atoms with Crippen molar-refractivity contribution >= 4 is 0 Å². The molecule has 0 aliphatic heterocycles. The first-order chi connectivity index (χ1) is 4.83. The van der Waals surface area contributed by atoms with E-state index in [1.807, 2.05) is 0 Å². The molecule has 1 rings (SSSR count). The van der Waals surface area contributed by atoms with Gasteiger partial charge < -0.3 is 5.11 Å². The zero-order valence-electron chi connectivity index (χ0n) is 6.02. The van der Waals surface area contributed by atoms with E-state index in [0.29, 0.717) is 12.3 Å². The molecule has 1 atom stereocenters. The Morgan fingerprint density at radius 2 is 2.50 bits per heavy atom. The number of halogens is 1. The van der Waals surface area contributed by atoms with Gasteiger partial charge in [0, 0.05) is 13.0 Å². The SMILES string of the molecule is OCCC1CCC=C(F)C1. The van der Waals surface area contributed by atoms with Crippen molar-refractivity contribution < 1.29 is 9.50 Å². The molecule has 0 spiro atoms. The molecule has 0 amide bonds. The van der Waals surface area contributed by atoms with Crippen molar-refractivity contribution in [1.29, 1.82) is 0 Å². The van der Waals surface area contributed by atoms with Crippen LogP contribution in [0.4, 0.5) is 4.39 Å². The molecule has 1 aliphatic carbocycles. The Morgan fingerprint density at radius 3 is 3.10 bits per heavy atom. The summed E-state index contributed by atoms with van der Waals surface area (Å²) < 4.78 is 12.5. The minimum atomic E-state index is 0.00435. The van der Waals surface area contributed by atoms with Crippen molar-refractivity contribution in [3.63, 3.8) is 0 Å². The van der Waals surface area contributed by atoms with E-state index in [1.54, 1.807) is 6.08 Å². The van der Waals surface area contributed by atoms with Gasteiger partial charge in [0.1, 0.15) is 0 Å². The third-order valence-corrected chi connectivity index (χ3v) is 1.96. The molecule has 10 heavy (non-hydrogen) atoms. The minimum absolute atomic E-state index is 0.00435. The maximum atomic E-state index is 12.5. The molecule has 0 aromatic carbocycles. The molecule has 58 valence electrons. The topological polar surface area (TPSA) is 20.2 Å². The fraction of sp³-hybridized carbons (Fsp3) is 0.750. The summed E-state index contributed by atoms with van der Waals surface area (Å²) in [6.45, 7) is 0.192. The van der Waals surface area contributed by atoms with Gasteiger partial charge in [0.2, 0.25) is 0 Å². The lowest BCUT2D eigenvalue weighted by Crippen LogP contribution is -2.06. The van der Waals surface area contributed by atoms with Gasteiger partial charge in [0.05, 0.1) is 5.83 Å². The molecule has 1 unspecified atom stereocenters. The highest BCUT2D eigenvalue weighted by Crippen LogP contribution is 2.26. The number of rotatable bonds is 2. The van der Waals surface area contributed by atoms with Crippen molar-refractivity contribution in [2.45, 2.75) is 25.7 Å². The van der Waals surface area contributed by atoms with Crippen LogP contribution in [0.25, 0.3) is 0 Å². The molecule has 1 N–H and O–H groups in total. The molecule has 0 radical (unpaired) electrons. The molecular formula is C8H13FO. The maximum Gasteiger partial charge on any atom is 0.0962 e. The number of aliphatic hydroxyl groups excluding tert-OH is 1. The molecule has 0 saturated heterocycles. The predicted molar refractivity (Wildman–Crippen MR) is 38.2 cm³/mol. The molecule has 0 saturated carbocycles. The summed E-state index contributed by atoms with van der Waals surface area (Å²) in [6.07, 6.45) is 4.82. The Kier molecular flexibility index (Phi) is 2.87. The molecule has 1 aliphatic rings. The fourth-order valence-corrected chi connectivity index (χ4v) is 1.37. The first-order valence-corrected chi connectivity index (χ1v) is 3.78. The van der Waals surface area contributed by atoms with Crippen LogP contribution in [0.3, 0.4) is 0 Å². The second-order valence-corrected chi connectivity index (χ2v) is 2.81. The quantitative estimate of drug-likeness (QED) is 0.628. The van der Waals surface area contributed by atoms with Crippen LogP contribution < -0.4 is 0 Å². The van der Waals surface area contributed by atoms with E-state index < -0.39 is 0 Å². The zero-order valence-corrected chi connectivity index (χ0v) is 6.02. The third kappa shape index (κ3) is 2.10. The number of allylic oxidation sites excluding steroid dienone is 2. The summed E-state index contributed by atoms with van der Waals surface area (Å²) in [5, 5.41) is 8.56. The number of hydrogen-bond donors (Lipinski definition) is 1. The van der Waals surface area contributed by atoms with Gasteiger partial charge in [-0.25, -0.2) is 4.39 Å². The molecule has 0 aromatic rings. The van der Waals surface area contributed by atoms with E-state index in [-0.39, 0.29) is 12.4 Å². The van der Waals surface area contributed by atoms with E-state index >= 15 is 0 Å². The van der Waals surface area contributed by atoms with Crippen LogP contribution in [0.2, 0.25) is 0 Å². The van der Waals surface area contributed by atoms with Gasteiger partial charge in [0.25, 0.3) is 0 Å². The van der Waals surface area contributed by atoms with Crippen molar-refractivity contribution in [2.24, 2.45) is 5.92 Å². The number of hydrogen-bond acceptors (Lipinski definition) is 1. The van der Waals surface area contributed by atoms with Gasteiger partial charge in [-0.05, 0) is 25.2 Å². The van der Waals surface area contributed by atoms with Crippen molar-refractivity contribution in [2.75, 3.05) is 6.61 Å². The van der Waals surface area contributed by atoms with Gasteiger partial charge >= 0.3 is 0 Å². The van der Waals surface area contributed by atoms with E-state index in [1.165, 1.54) is 0 Å². The van der Waals surface area contributed by atoms with Crippen LogP contribution in [0, 0.1) is 5.92 Å². The maximum absolute atomic E-state index is 12.5. The monoisotopic (exact) mass is 144 g/mol. The number of aliphatic hydroxyl groups is 1. The van der Waals surface area contributed by atoms with Crippen molar-refractivity contribution in [3.8, 4) is 0 Å². The highest BCUT2D eigenvalue weighted by molar-refractivity contribution is 4.97. The molecule has 2 heteroatoms. The molecule has 1 nitrogen and oxygen atoms in total. The van der Waals surface area contributed by atoms with E-state index in [2.05, 4.69) is 0 Å². The summed E-state index contributed by atoms with van der Waals surface area (Å²) in [5.74, 6) is 0.389. The van der Waals surface area contributed by atoms with E-state index in [9.17, 15) is 4.39 Å². The first-order valence-electron chi connectivity index (χ1n) is 3.78. The van der Waals surface area contributed by atoms with Crippen LogP contribution in [0.5, 0.6) is 0 Å². The Bertz CT molecular complexity index is 131. The van der Waals surface area contributed by atoms with Crippen LogP contribution in [0.1, 0.15) is 25.7 Å². The molecule has 0 bridgehead atoms. The van der Waals surface area contributed by atoms with Gasteiger partial charge in [-0.3, -0.25) is 0 Å². The Morgan fingerprint density at radius 1 is 1.70 bits per heavy atom. The van der Waals surface area contributed by atoms with Gasteiger partial charge in [-0.1, -0.05) is 6.08 Å². The largest absolute Gasteiger partial charge is 0.396 e. The summed E-state index contributed by atoms with van der Waals surface area (Å²) >= 11 is 0. The average molecular weight is 144 g/mol. The van der Waals surface area contributed by atoms with E-state index in [0.717, 1.165) is 19.3 Å². The molecule has 0 heterocycles. The molecule has 0 fully saturated rings. The normalized spacial score (nSPS) is 26.2. The lowest BCUT2D eigenvalue weighted by molar-refractivity contribution is 0.243. The standard InChI is InChI=1S/C8H13FO/c9-8-3-1-2-7(6-8)4-5-10/h3,7,10H,1-2,4-6H2. The van der Waals surface area contributed by atoms with Gasteiger partial charge in [-0.2, -0.15) is 0 Å². The lowest BCUT2D eigenvalue weighted by Gasteiger charge is -2.17. The summed E-state index contributed by atoms with van der Waals surface area (Å²) in [7, 11) is 0. The summed E-state index contributed by atoms with van der Waals surface area (Å²) in [6, 6.07) is 0. The van der Waals surface area contributed by atoms with Crippen molar-refractivity contribution in [3.05, 3.63) is 11.9 Å². The van der Waals surface area contributed by atoms with Crippen LogP contribution in [-0.4, -0.2) is 11.7 Å². The Labute approximate surface area is 60.6 Å². The molecular weight excluding hydrogens is 131 g/mol. The first kappa shape index (κ1) is 7.73. The Hall–Kier alpha value is -0.370. The second kappa shape index (κ2) is 3.71. The van der Waals surface area contributed by atoms with Crippen LogP contribution in [0.15, 0.2) is 11.9 Å². The van der Waals surface area contributed by atoms with Crippen LogP contribution >= 0.6 is 0 Å². The second-order valence-electron chi connectivity index (χ2n) is 2.81. The highest BCUT2D eigenvalue weighted by atomic mass is 19.1. The summed E-state index contributed by atoms with van der Waals surface area (Å²) in [5.41, 5.74) is 0. The van der Waals surface area contributed by atoms with E-state index in [4.69, 9.17) is 5.11 Å². The average Bonchev–Trinajstić information content (AvgIpc) is 1.88. The zero-order chi connectivity index (χ0) is 7.40. The molecule has 0 aromatic heterocycles.